The highest BCUT2D eigenvalue weighted by Crippen LogP contribution is 2.41. The molecule has 0 bridgehead atoms. The molecule has 1 aromatic carbocycles. The Labute approximate surface area is 174 Å². The molecule has 158 valence electrons. The van der Waals surface area contributed by atoms with E-state index in [2.05, 4.69) is 36.2 Å². The van der Waals surface area contributed by atoms with Crippen molar-refractivity contribution in [3.8, 4) is 11.1 Å². The normalized spacial score (nSPS) is 16.9. The number of fused-ring (bicyclic) bond motifs is 1. The molecule has 0 fully saturated rings. The van der Waals surface area contributed by atoms with Crippen LogP contribution in [0.4, 0.5) is 13.2 Å². The van der Waals surface area contributed by atoms with Crippen LogP contribution < -0.4 is 0 Å². The van der Waals surface area contributed by atoms with Crippen molar-refractivity contribution in [3.63, 3.8) is 0 Å². The highest BCUT2D eigenvalue weighted by Gasteiger charge is 2.33. The van der Waals surface area contributed by atoms with E-state index in [0.717, 1.165) is 66.2 Å². The molecule has 1 aromatic heterocycles. The van der Waals surface area contributed by atoms with Crippen LogP contribution in [0.3, 0.4) is 0 Å². The molecule has 7 heteroatoms. The molecule has 0 atom stereocenters. The summed E-state index contributed by atoms with van der Waals surface area (Å²) in [5, 5.41) is 12.0. The van der Waals surface area contributed by atoms with Crippen molar-refractivity contribution in [2.24, 2.45) is 15.4 Å². The minimum atomic E-state index is -4.40. The molecular weight excluding hydrogens is 389 g/mol. The Morgan fingerprint density at radius 2 is 1.70 bits per heavy atom. The first-order valence-electron chi connectivity index (χ1n) is 10.3. The van der Waals surface area contributed by atoms with Gasteiger partial charge in [0.05, 0.1) is 17.0 Å². The molecule has 0 saturated carbocycles. The van der Waals surface area contributed by atoms with E-state index in [1.54, 1.807) is 6.07 Å². The summed E-state index contributed by atoms with van der Waals surface area (Å²) in [4.78, 5) is 5.06. The van der Waals surface area contributed by atoms with Gasteiger partial charge in [-0.3, -0.25) is 4.98 Å². The summed E-state index contributed by atoms with van der Waals surface area (Å²) in [6.07, 6.45) is 0.359. The predicted octanol–water partition coefficient (Wildman–Crippen LogP) is 6.50. The van der Waals surface area contributed by atoms with E-state index in [1.165, 1.54) is 12.1 Å². The van der Waals surface area contributed by atoms with Gasteiger partial charge in [-0.25, -0.2) is 0 Å². The maximum Gasteiger partial charge on any atom is 0.416 e. The third kappa shape index (κ3) is 3.89. The predicted molar refractivity (Wildman–Crippen MR) is 111 cm³/mol. The summed E-state index contributed by atoms with van der Waals surface area (Å²) in [7, 11) is 0. The van der Waals surface area contributed by atoms with Crippen molar-refractivity contribution in [2.45, 2.75) is 64.5 Å². The molecule has 4 rings (SSSR count). The van der Waals surface area contributed by atoms with Gasteiger partial charge in [0.2, 0.25) is 0 Å². The minimum absolute atomic E-state index is 0.307. The Morgan fingerprint density at radius 1 is 0.933 bits per heavy atom. The number of halogens is 3. The average molecular weight is 414 g/mol. The van der Waals surface area contributed by atoms with Gasteiger partial charge in [0.25, 0.3) is 0 Å². The molecule has 0 N–H and O–H groups in total. The average Bonchev–Trinajstić information content (AvgIpc) is 3.10. The van der Waals surface area contributed by atoms with Gasteiger partial charge in [0, 0.05) is 16.7 Å². The summed E-state index contributed by atoms with van der Waals surface area (Å²) in [6, 6.07) is 5.61. The third-order valence-corrected chi connectivity index (χ3v) is 5.65. The number of rotatable bonds is 2. The van der Waals surface area contributed by atoms with Crippen LogP contribution in [0.5, 0.6) is 0 Å². The lowest BCUT2D eigenvalue weighted by Gasteiger charge is -2.27. The Morgan fingerprint density at radius 3 is 2.37 bits per heavy atom. The van der Waals surface area contributed by atoms with E-state index in [-0.39, 0.29) is 5.41 Å². The number of pyridine rings is 1. The Hall–Kier alpha value is -2.57. The lowest BCUT2D eigenvalue weighted by Crippen LogP contribution is -2.23. The number of hydrogen-bond acceptors (Lipinski definition) is 4. The largest absolute Gasteiger partial charge is 0.416 e. The topological polar surface area (TPSA) is 50.0 Å². The van der Waals surface area contributed by atoms with Crippen LogP contribution in [-0.4, -0.2) is 17.2 Å². The first-order valence-corrected chi connectivity index (χ1v) is 10.3. The van der Waals surface area contributed by atoms with Crippen LogP contribution in [0.15, 0.2) is 39.7 Å². The Balaban J connectivity index is 2.07. The van der Waals surface area contributed by atoms with Gasteiger partial charge in [0.15, 0.2) is 0 Å². The van der Waals surface area contributed by atoms with E-state index in [4.69, 9.17) is 4.98 Å². The van der Waals surface area contributed by atoms with Crippen molar-refractivity contribution in [1.82, 2.24) is 4.98 Å². The van der Waals surface area contributed by atoms with E-state index < -0.39 is 11.7 Å². The molecular formula is C23H25F3N4. The smallest absolute Gasteiger partial charge is 0.256 e. The van der Waals surface area contributed by atoms with Gasteiger partial charge in [-0.05, 0) is 59.7 Å². The number of aromatic nitrogens is 1. The van der Waals surface area contributed by atoms with Crippen LogP contribution in [0.2, 0.25) is 0 Å². The van der Waals surface area contributed by atoms with Gasteiger partial charge >= 0.3 is 6.18 Å². The van der Waals surface area contributed by atoms with Gasteiger partial charge in [-0.15, -0.1) is 5.10 Å². The second-order valence-electron chi connectivity index (χ2n) is 8.96. The fourth-order valence-corrected chi connectivity index (χ4v) is 4.26. The lowest BCUT2D eigenvalue weighted by atomic mass is 9.80. The van der Waals surface area contributed by atoms with Gasteiger partial charge in [0.1, 0.15) is 6.54 Å². The summed E-state index contributed by atoms with van der Waals surface area (Å²) in [5.41, 5.74) is 4.79. The highest BCUT2D eigenvalue weighted by molar-refractivity contribution is 6.09. The number of nitrogens with zero attached hydrogens (tertiary/aromatic N) is 4. The number of alkyl halides is 3. The van der Waals surface area contributed by atoms with Crippen molar-refractivity contribution < 1.29 is 13.2 Å². The quantitative estimate of drug-likeness (QED) is 0.517. The molecule has 30 heavy (non-hydrogen) atoms. The summed E-state index contributed by atoms with van der Waals surface area (Å²) in [5.74, 6) is 0. The summed E-state index contributed by atoms with van der Waals surface area (Å²) >= 11 is 0. The van der Waals surface area contributed by atoms with Crippen LogP contribution >= 0.6 is 0 Å². The fraction of sp³-hybridized carbons (Fsp3) is 0.478. The molecule has 0 unspecified atom stereocenters. The van der Waals surface area contributed by atoms with Crippen LogP contribution in [0, 0.1) is 0 Å². The van der Waals surface area contributed by atoms with Crippen LogP contribution in [-0.2, 0) is 24.4 Å². The molecule has 2 aliphatic rings. The van der Waals surface area contributed by atoms with Crippen molar-refractivity contribution in [2.75, 3.05) is 6.54 Å². The summed E-state index contributed by atoms with van der Waals surface area (Å²) in [6.45, 7) is 6.53. The monoisotopic (exact) mass is 414 g/mol. The van der Waals surface area contributed by atoms with E-state index in [1.807, 2.05) is 0 Å². The maximum atomic E-state index is 13.5. The second-order valence-corrected chi connectivity index (χ2v) is 8.96. The number of hydrogen-bond donors (Lipinski definition) is 0. The van der Waals surface area contributed by atoms with Crippen molar-refractivity contribution in [1.29, 1.82) is 0 Å². The molecule has 0 spiro atoms. The molecule has 4 nitrogen and oxygen atoms in total. The molecule has 2 aromatic rings. The van der Waals surface area contributed by atoms with E-state index in [0.29, 0.717) is 17.8 Å². The van der Waals surface area contributed by atoms with Crippen molar-refractivity contribution in [3.05, 3.63) is 52.3 Å². The molecule has 2 heterocycles. The molecule has 1 aliphatic heterocycles. The zero-order chi connectivity index (χ0) is 21.5. The Bertz CT molecular complexity index is 1030. The molecule has 0 saturated heterocycles. The summed E-state index contributed by atoms with van der Waals surface area (Å²) < 4.78 is 40.5. The zero-order valence-electron chi connectivity index (χ0n) is 17.5. The molecule has 1 aliphatic carbocycles. The van der Waals surface area contributed by atoms with Crippen LogP contribution in [0.25, 0.3) is 11.1 Å². The SMILES string of the molecule is CC(C)(C)c1nc2c(c(-c3cccc(C(F)(F)F)c3)c1C1=NN=NC1)CCCCC2. The second kappa shape index (κ2) is 7.60. The van der Waals surface area contributed by atoms with Crippen LogP contribution in [0.1, 0.15) is 68.1 Å². The highest BCUT2D eigenvalue weighted by atomic mass is 19.4. The number of benzene rings is 1. The standard InChI is InChI=1S/C23H25F3N4/c1-22(2,3)21-20(18-13-27-30-29-18)19(16-10-5-4-6-11-17(16)28-21)14-8-7-9-15(12-14)23(24,25)26/h7-9,12H,4-6,10-11,13H2,1-3H3. The zero-order valence-corrected chi connectivity index (χ0v) is 17.5. The first-order chi connectivity index (χ1) is 14.2. The Kier molecular flexibility index (Phi) is 5.24. The maximum absolute atomic E-state index is 13.5. The minimum Gasteiger partial charge on any atom is -0.256 e. The third-order valence-electron chi connectivity index (χ3n) is 5.65. The fourth-order valence-electron chi connectivity index (χ4n) is 4.26. The lowest BCUT2D eigenvalue weighted by molar-refractivity contribution is -0.137. The number of aryl methyl sites for hydroxylation is 1. The van der Waals surface area contributed by atoms with Gasteiger partial charge < -0.3 is 0 Å². The molecule has 0 amide bonds. The van der Waals surface area contributed by atoms with Gasteiger partial charge in [-0.2, -0.15) is 18.3 Å². The first kappa shape index (κ1) is 20.7. The van der Waals surface area contributed by atoms with E-state index >= 15 is 0 Å². The van der Waals surface area contributed by atoms with Gasteiger partial charge in [-0.1, -0.05) is 39.3 Å². The van der Waals surface area contributed by atoms with E-state index in [9.17, 15) is 13.2 Å². The molecule has 0 radical (unpaired) electrons. The van der Waals surface area contributed by atoms with Crippen molar-refractivity contribution >= 4 is 5.71 Å².